The number of thiazole rings is 1. The molecular weight excluding hydrogens is 356 g/mol. The lowest BCUT2D eigenvalue weighted by atomic mass is 9.94. The highest BCUT2D eigenvalue weighted by Gasteiger charge is 2.27. The molecule has 8 heteroatoms. The van der Waals surface area contributed by atoms with Gasteiger partial charge in [0, 0.05) is 30.5 Å². The van der Waals surface area contributed by atoms with Gasteiger partial charge in [0.2, 0.25) is 11.7 Å². The molecule has 3 aromatic rings. The van der Waals surface area contributed by atoms with Crippen LogP contribution in [-0.4, -0.2) is 39.0 Å². The summed E-state index contributed by atoms with van der Waals surface area (Å²) < 4.78 is 5.41. The Hall–Kier alpha value is -2.06. The molecule has 0 aromatic carbocycles. The van der Waals surface area contributed by atoms with Crippen molar-refractivity contribution in [2.75, 3.05) is 13.1 Å². The van der Waals surface area contributed by atoms with Gasteiger partial charge in [-0.2, -0.15) is 16.3 Å². The molecule has 1 amide bonds. The maximum Gasteiger partial charge on any atom is 0.265 e. The molecule has 3 aromatic heterocycles. The predicted octanol–water partition coefficient (Wildman–Crippen LogP) is 3.66. The van der Waals surface area contributed by atoms with E-state index in [-0.39, 0.29) is 5.91 Å². The van der Waals surface area contributed by atoms with Gasteiger partial charge in [-0.05, 0) is 37.1 Å². The van der Waals surface area contributed by atoms with Gasteiger partial charge in [-0.15, -0.1) is 11.3 Å². The molecule has 0 bridgehead atoms. The van der Waals surface area contributed by atoms with Crippen LogP contribution in [0.4, 0.5) is 0 Å². The first-order valence-corrected chi connectivity index (χ1v) is 10.1. The molecule has 25 heavy (non-hydrogen) atoms. The molecule has 0 saturated carbocycles. The lowest BCUT2D eigenvalue weighted by Crippen LogP contribution is -2.40. The van der Waals surface area contributed by atoms with E-state index in [2.05, 4.69) is 15.1 Å². The van der Waals surface area contributed by atoms with Crippen LogP contribution in [0.2, 0.25) is 0 Å². The summed E-state index contributed by atoms with van der Waals surface area (Å²) in [5.74, 6) is 1.73. The second-order valence-corrected chi connectivity index (χ2v) is 7.89. The van der Waals surface area contributed by atoms with E-state index >= 15 is 0 Å². The standard InChI is InChI=1S/C17H18N4O2S2/c1-11-15(25-10-18-11)17(22)21-5-2-3-12(8-21)7-14-19-16(20-23-14)13-4-6-24-9-13/h4,6,9-10,12H,2-3,5,7-8H2,1H3. The molecule has 4 heterocycles. The van der Waals surface area contributed by atoms with Crippen LogP contribution in [-0.2, 0) is 6.42 Å². The van der Waals surface area contributed by atoms with Gasteiger partial charge in [0.15, 0.2) is 0 Å². The third kappa shape index (κ3) is 3.50. The second-order valence-electron chi connectivity index (χ2n) is 6.25. The fourth-order valence-corrected chi connectivity index (χ4v) is 4.56. The first-order valence-electron chi connectivity index (χ1n) is 8.25. The normalized spacial score (nSPS) is 17.8. The van der Waals surface area contributed by atoms with E-state index in [0.717, 1.165) is 42.1 Å². The average Bonchev–Trinajstić information content (AvgIpc) is 3.35. The van der Waals surface area contributed by atoms with E-state index in [1.165, 1.54) is 11.3 Å². The van der Waals surface area contributed by atoms with Gasteiger partial charge in [0.1, 0.15) is 4.88 Å². The number of rotatable bonds is 4. The first-order chi connectivity index (χ1) is 12.2. The van der Waals surface area contributed by atoms with E-state index in [1.54, 1.807) is 16.8 Å². The minimum Gasteiger partial charge on any atom is -0.339 e. The predicted molar refractivity (Wildman–Crippen MR) is 96.8 cm³/mol. The minimum atomic E-state index is 0.0918. The van der Waals surface area contributed by atoms with Crippen LogP contribution in [0.25, 0.3) is 11.4 Å². The Morgan fingerprint density at radius 2 is 2.40 bits per heavy atom. The zero-order valence-corrected chi connectivity index (χ0v) is 15.5. The highest BCUT2D eigenvalue weighted by atomic mass is 32.1. The summed E-state index contributed by atoms with van der Waals surface area (Å²) >= 11 is 3.03. The van der Waals surface area contributed by atoms with Gasteiger partial charge in [-0.3, -0.25) is 4.79 Å². The topological polar surface area (TPSA) is 72.1 Å². The van der Waals surface area contributed by atoms with Crippen molar-refractivity contribution >= 4 is 28.6 Å². The van der Waals surface area contributed by atoms with Crippen LogP contribution in [0, 0.1) is 12.8 Å². The summed E-state index contributed by atoms with van der Waals surface area (Å²) in [5.41, 5.74) is 3.53. The molecule has 0 aliphatic carbocycles. The van der Waals surface area contributed by atoms with Crippen molar-refractivity contribution in [2.45, 2.75) is 26.2 Å². The van der Waals surface area contributed by atoms with Gasteiger partial charge >= 0.3 is 0 Å². The lowest BCUT2D eigenvalue weighted by molar-refractivity contribution is 0.0672. The Labute approximate surface area is 153 Å². The Morgan fingerprint density at radius 3 is 3.16 bits per heavy atom. The molecule has 1 unspecified atom stereocenters. The van der Waals surface area contributed by atoms with Crippen molar-refractivity contribution in [3.8, 4) is 11.4 Å². The number of likely N-dealkylation sites (tertiary alicyclic amines) is 1. The number of amides is 1. The molecule has 1 aliphatic heterocycles. The van der Waals surface area contributed by atoms with Crippen molar-refractivity contribution in [1.29, 1.82) is 0 Å². The molecule has 1 aliphatic rings. The van der Waals surface area contributed by atoms with Gasteiger partial charge < -0.3 is 9.42 Å². The number of hydrogen-bond donors (Lipinski definition) is 0. The zero-order valence-electron chi connectivity index (χ0n) is 13.8. The summed E-state index contributed by atoms with van der Waals surface area (Å²) in [6.45, 7) is 3.42. The van der Waals surface area contributed by atoms with E-state index in [9.17, 15) is 4.79 Å². The van der Waals surface area contributed by atoms with Crippen molar-refractivity contribution in [3.05, 3.63) is 38.8 Å². The number of aryl methyl sites for hydroxylation is 1. The molecule has 0 radical (unpaired) electrons. The Bertz CT molecular complexity index is 856. The van der Waals surface area contributed by atoms with E-state index < -0.39 is 0 Å². The van der Waals surface area contributed by atoms with E-state index in [0.29, 0.717) is 24.1 Å². The number of aromatic nitrogens is 3. The van der Waals surface area contributed by atoms with Gasteiger partial charge in [-0.1, -0.05) is 5.16 Å². The van der Waals surface area contributed by atoms with Gasteiger partial charge in [0.25, 0.3) is 5.91 Å². The Kier molecular flexibility index (Phi) is 4.63. The summed E-state index contributed by atoms with van der Waals surface area (Å²) in [7, 11) is 0. The second kappa shape index (κ2) is 7.05. The number of thiophene rings is 1. The number of carbonyl (C=O) groups is 1. The van der Waals surface area contributed by atoms with E-state index in [4.69, 9.17) is 4.52 Å². The van der Waals surface area contributed by atoms with Crippen LogP contribution in [0.3, 0.4) is 0 Å². The third-order valence-electron chi connectivity index (χ3n) is 4.46. The fourth-order valence-electron chi connectivity index (χ4n) is 3.16. The Morgan fingerprint density at radius 1 is 1.48 bits per heavy atom. The smallest absolute Gasteiger partial charge is 0.265 e. The lowest BCUT2D eigenvalue weighted by Gasteiger charge is -2.32. The number of carbonyl (C=O) groups excluding carboxylic acids is 1. The SMILES string of the molecule is Cc1ncsc1C(=O)N1CCCC(Cc2nc(-c3ccsc3)no2)C1. The monoisotopic (exact) mass is 374 g/mol. The summed E-state index contributed by atoms with van der Waals surface area (Å²) in [6.07, 6.45) is 2.78. The van der Waals surface area contributed by atoms with Crippen molar-refractivity contribution in [3.63, 3.8) is 0 Å². The highest BCUT2D eigenvalue weighted by molar-refractivity contribution is 7.11. The number of nitrogens with zero attached hydrogens (tertiary/aromatic N) is 4. The maximum atomic E-state index is 12.7. The largest absolute Gasteiger partial charge is 0.339 e. The molecule has 1 saturated heterocycles. The van der Waals surface area contributed by atoms with Crippen LogP contribution in [0.15, 0.2) is 26.9 Å². The molecule has 6 nitrogen and oxygen atoms in total. The molecule has 4 rings (SSSR count). The average molecular weight is 374 g/mol. The fraction of sp³-hybridized carbons (Fsp3) is 0.412. The maximum absolute atomic E-state index is 12.7. The third-order valence-corrected chi connectivity index (χ3v) is 6.06. The summed E-state index contributed by atoms with van der Waals surface area (Å²) in [4.78, 5) is 24.1. The Balaban J connectivity index is 1.42. The first kappa shape index (κ1) is 16.4. The highest BCUT2D eigenvalue weighted by Crippen LogP contribution is 2.25. The van der Waals surface area contributed by atoms with Crippen LogP contribution >= 0.6 is 22.7 Å². The summed E-state index contributed by atoms with van der Waals surface area (Å²) in [5, 5.41) is 8.07. The van der Waals surface area contributed by atoms with Crippen LogP contribution in [0.1, 0.15) is 34.1 Å². The molecule has 1 atom stereocenters. The van der Waals surface area contributed by atoms with Gasteiger partial charge in [0.05, 0.1) is 11.2 Å². The quantitative estimate of drug-likeness (QED) is 0.697. The van der Waals surface area contributed by atoms with Crippen molar-refractivity contribution in [2.24, 2.45) is 5.92 Å². The van der Waals surface area contributed by atoms with Crippen molar-refractivity contribution in [1.82, 2.24) is 20.0 Å². The van der Waals surface area contributed by atoms with E-state index in [1.807, 2.05) is 28.7 Å². The van der Waals surface area contributed by atoms with Crippen LogP contribution in [0.5, 0.6) is 0 Å². The minimum absolute atomic E-state index is 0.0918. The van der Waals surface area contributed by atoms with Gasteiger partial charge in [-0.25, -0.2) is 4.98 Å². The molecule has 1 fully saturated rings. The molecule has 130 valence electrons. The summed E-state index contributed by atoms with van der Waals surface area (Å²) in [6, 6.07) is 1.98. The van der Waals surface area contributed by atoms with Crippen LogP contribution < -0.4 is 0 Å². The molecule has 0 N–H and O–H groups in total. The number of piperidine rings is 1. The molecular formula is C17H18N4O2S2. The zero-order chi connectivity index (χ0) is 17.2. The number of hydrogen-bond acceptors (Lipinski definition) is 7. The molecule has 0 spiro atoms. The van der Waals surface area contributed by atoms with Crippen molar-refractivity contribution < 1.29 is 9.32 Å².